The van der Waals surface area contributed by atoms with Crippen molar-refractivity contribution >= 4 is 46.0 Å². The second-order valence-electron chi connectivity index (χ2n) is 4.70. The molecule has 100 valence electrons. The van der Waals surface area contributed by atoms with Gasteiger partial charge in [0.05, 0.1) is 0 Å². The number of rotatable bonds is 2. The van der Waals surface area contributed by atoms with E-state index < -0.39 is 0 Å². The van der Waals surface area contributed by atoms with Gasteiger partial charge in [0, 0.05) is 0 Å². The van der Waals surface area contributed by atoms with Crippen LogP contribution in [0.4, 0.5) is 10.2 Å². The number of halogens is 1. The van der Waals surface area contributed by atoms with Crippen LogP contribution in [-0.4, -0.2) is 32.5 Å². The summed E-state index contributed by atoms with van der Waals surface area (Å²) in [6.07, 6.45) is 3.70. The van der Waals surface area contributed by atoms with Crippen molar-refractivity contribution in [3.63, 3.8) is 0 Å². The first-order valence-electron chi connectivity index (χ1n) is 6.28. The SMILES string of the molecule is O=[N+]([O-])c1ccc(Cl)c2cc(N3CCCCC3)[se]c12. The summed E-state index contributed by atoms with van der Waals surface area (Å²) in [5.74, 6) is 0. The molecule has 1 aromatic heterocycles. The zero-order valence-electron chi connectivity index (χ0n) is 10.3. The van der Waals surface area contributed by atoms with Crippen LogP contribution < -0.4 is 4.90 Å². The first-order valence-corrected chi connectivity index (χ1v) is 8.37. The van der Waals surface area contributed by atoms with E-state index in [-0.39, 0.29) is 25.1 Å². The second-order valence-corrected chi connectivity index (χ2v) is 7.27. The van der Waals surface area contributed by atoms with Crippen LogP contribution in [0, 0.1) is 10.1 Å². The van der Waals surface area contributed by atoms with Crippen LogP contribution in [-0.2, 0) is 0 Å². The van der Waals surface area contributed by atoms with Crippen LogP contribution >= 0.6 is 11.6 Å². The van der Waals surface area contributed by atoms with Crippen molar-refractivity contribution < 1.29 is 4.92 Å². The van der Waals surface area contributed by atoms with E-state index in [9.17, 15) is 10.1 Å². The molecule has 3 rings (SSSR count). The van der Waals surface area contributed by atoms with E-state index in [4.69, 9.17) is 11.6 Å². The molecule has 2 heterocycles. The van der Waals surface area contributed by atoms with Gasteiger partial charge in [-0.15, -0.1) is 0 Å². The fourth-order valence-corrected chi connectivity index (χ4v) is 5.38. The van der Waals surface area contributed by atoms with Gasteiger partial charge in [-0.05, 0) is 0 Å². The zero-order valence-corrected chi connectivity index (χ0v) is 12.7. The van der Waals surface area contributed by atoms with Gasteiger partial charge < -0.3 is 0 Å². The summed E-state index contributed by atoms with van der Waals surface area (Å²) < 4.78 is 2.06. The second kappa shape index (κ2) is 5.16. The molecule has 0 aliphatic carbocycles. The van der Waals surface area contributed by atoms with Crippen LogP contribution in [0.5, 0.6) is 0 Å². The van der Waals surface area contributed by atoms with Gasteiger partial charge in [-0.25, -0.2) is 0 Å². The van der Waals surface area contributed by atoms with E-state index in [2.05, 4.69) is 11.0 Å². The van der Waals surface area contributed by atoms with Crippen molar-refractivity contribution in [3.8, 4) is 0 Å². The van der Waals surface area contributed by atoms with E-state index in [1.54, 1.807) is 6.07 Å². The molecule has 0 spiro atoms. The molecule has 2 aromatic rings. The Morgan fingerprint density at radius 2 is 2.00 bits per heavy atom. The Labute approximate surface area is 121 Å². The van der Waals surface area contributed by atoms with Crippen molar-refractivity contribution in [2.24, 2.45) is 0 Å². The van der Waals surface area contributed by atoms with Crippen molar-refractivity contribution in [2.45, 2.75) is 19.3 Å². The van der Waals surface area contributed by atoms with Gasteiger partial charge in [0.15, 0.2) is 0 Å². The quantitative estimate of drug-likeness (QED) is 0.477. The maximum atomic E-state index is 11.1. The summed E-state index contributed by atoms with van der Waals surface area (Å²) in [6.45, 7) is 2.12. The summed E-state index contributed by atoms with van der Waals surface area (Å²) in [5, 5.41) is 12.6. The van der Waals surface area contributed by atoms with Gasteiger partial charge in [0.1, 0.15) is 0 Å². The summed E-state index contributed by atoms with van der Waals surface area (Å²) in [7, 11) is 0. The molecule has 0 radical (unpaired) electrons. The van der Waals surface area contributed by atoms with E-state index in [1.165, 1.54) is 29.9 Å². The molecule has 1 aliphatic heterocycles. The van der Waals surface area contributed by atoms with Crippen LogP contribution in [0.2, 0.25) is 5.02 Å². The minimum absolute atomic E-state index is 0.0000231. The normalized spacial score (nSPS) is 15.9. The van der Waals surface area contributed by atoms with Crippen molar-refractivity contribution in [1.82, 2.24) is 0 Å². The van der Waals surface area contributed by atoms with Gasteiger partial charge >= 0.3 is 122 Å². The van der Waals surface area contributed by atoms with E-state index in [0.29, 0.717) is 5.02 Å². The molecule has 4 nitrogen and oxygen atoms in total. The summed E-state index contributed by atoms with van der Waals surface area (Å²) in [4.78, 5) is 13.2. The topological polar surface area (TPSA) is 46.4 Å². The molecule has 1 aromatic carbocycles. The molecule has 1 saturated heterocycles. The number of nitro benzene ring substituents is 1. The summed E-state index contributed by atoms with van der Waals surface area (Å²) in [6, 6.07) is 5.20. The third kappa shape index (κ3) is 2.38. The first-order chi connectivity index (χ1) is 9.16. The standard InChI is InChI=1S/C13H13ClN2O2Se/c14-10-4-5-11(16(17)18)13-9(10)8-12(19-13)15-6-2-1-3-7-15/h4-5,8H,1-3,6-7H2. The fourth-order valence-electron chi connectivity index (χ4n) is 2.48. The predicted molar refractivity (Wildman–Crippen MR) is 78.6 cm³/mol. The summed E-state index contributed by atoms with van der Waals surface area (Å²) >= 11 is 6.17. The summed E-state index contributed by atoms with van der Waals surface area (Å²) in [5.41, 5.74) is 0.211. The first kappa shape index (κ1) is 13.0. The molecule has 1 fully saturated rings. The molecular weight excluding hydrogens is 331 g/mol. The Bertz CT molecular complexity index is 635. The van der Waals surface area contributed by atoms with Crippen molar-refractivity contribution in [1.29, 1.82) is 0 Å². The molecule has 0 amide bonds. The Hall–Kier alpha value is -1.03. The molecule has 6 heteroatoms. The molecule has 0 atom stereocenters. The van der Waals surface area contributed by atoms with E-state index >= 15 is 0 Å². The molecule has 0 bridgehead atoms. The Morgan fingerprint density at radius 1 is 1.26 bits per heavy atom. The number of hydrogen-bond donors (Lipinski definition) is 0. The molecule has 0 unspecified atom stereocenters. The number of benzene rings is 1. The molecular formula is C13H13ClN2O2Se. The third-order valence-corrected chi connectivity index (χ3v) is 6.35. The van der Waals surface area contributed by atoms with Gasteiger partial charge in [0.25, 0.3) is 0 Å². The average Bonchev–Trinajstić information content (AvgIpc) is 2.85. The number of nitro groups is 1. The van der Waals surface area contributed by atoms with E-state index in [0.717, 1.165) is 22.7 Å². The van der Waals surface area contributed by atoms with Gasteiger partial charge in [-0.3, -0.25) is 0 Å². The molecule has 1 aliphatic rings. The predicted octanol–water partition coefficient (Wildman–Crippen LogP) is 3.45. The fraction of sp³-hybridized carbons (Fsp3) is 0.385. The van der Waals surface area contributed by atoms with Crippen LogP contribution in [0.25, 0.3) is 9.65 Å². The number of anilines is 1. The zero-order chi connectivity index (χ0) is 13.4. The minimum atomic E-state index is -0.302. The van der Waals surface area contributed by atoms with Crippen LogP contribution in [0.15, 0.2) is 18.2 Å². The van der Waals surface area contributed by atoms with Gasteiger partial charge in [0.2, 0.25) is 0 Å². The number of fused-ring (bicyclic) bond motifs is 1. The Balaban J connectivity index is 2.10. The third-order valence-electron chi connectivity index (χ3n) is 3.46. The van der Waals surface area contributed by atoms with E-state index in [1.807, 2.05) is 0 Å². The van der Waals surface area contributed by atoms with Crippen molar-refractivity contribution in [3.05, 3.63) is 33.3 Å². The molecule has 0 N–H and O–H groups in total. The Morgan fingerprint density at radius 3 is 2.68 bits per heavy atom. The van der Waals surface area contributed by atoms with Crippen molar-refractivity contribution in [2.75, 3.05) is 18.0 Å². The van der Waals surface area contributed by atoms with Crippen LogP contribution in [0.3, 0.4) is 0 Å². The Kier molecular flexibility index (Phi) is 3.52. The van der Waals surface area contributed by atoms with Crippen LogP contribution in [0.1, 0.15) is 19.3 Å². The number of non-ortho nitro benzene ring substituents is 1. The molecule has 19 heavy (non-hydrogen) atoms. The number of hydrogen-bond acceptors (Lipinski definition) is 3. The van der Waals surface area contributed by atoms with Gasteiger partial charge in [-0.1, -0.05) is 0 Å². The molecule has 0 saturated carbocycles. The maximum absolute atomic E-state index is 11.1. The number of nitrogens with zero attached hydrogens (tertiary/aromatic N) is 2. The van der Waals surface area contributed by atoms with Gasteiger partial charge in [-0.2, -0.15) is 0 Å². The number of piperidine rings is 1. The monoisotopic (exact) mass is 344 g/mol. The average molecular weight is 344 g/mol.